The third-order valence-electron chi connectivity index (χ3n) is 5.98. The topological polar surface area (TPSA) is 20.2 Å². The SMILES string of the molecule is C[C@H]1CC=C[C@](C)([C@H]2CCC[C@@H](Cc3cccc(O)c3)C2)C1. The van der Waals surface area contributed by atoms with Crippen LogP contribution in [-0.4, -0.2) is 5.11 Å². The molecule has 0 aromatic heterocycles. The Bertz CT molecular complexity index is 532. The molecule has 4 atom stereocenters. The summed E-state index contributed by atoms with van der Waals surface area (Å²) in [5, 5.41) is 9.66. The molecule has 0 unspecified atom stereocenters. The third-order valence-corrected chi connectivity index (χ3v) is 5.98. The molecular weight excluding hydrogens is 268 g/mol. The maximum absolute atomic E-state index is 9.66. The fourth-order valence-electron chi connectivity index (χ4n) is 4.87. The maximum atomic E-state index is 9.66. The van der Waals surface area contributed by atoms with Crippen molar-refractivity contribution in [2.24, 2.45) is 23.2 Å². The van der Waals surface area contributed by atoms with Crippen molar-refractivity contribution >= 4 is 0 Å². The van der Waals surface area contributed by atoms with Crippen LogP contribution in [0.4, 0.5) is 0 Å². The zero-order valence-electron chi connectivity index (χ0n) is 14.1. The van der Waals surface area contributed by atoms with Gasteiger partial charge >= 0.3 is 0 Å². The van der Waals surface area contributed by atoms with Crippen molar-refractivity contribution in [3.8, 4) is 5.75 Å². The molecule has 1 aromatic carbocycles. The summed E-state index contributed by atoms with van der Waals surface area (Å²) in [6.07, 6.45) is 14.1. The van der Waals surface area contributed by atoms with E-state index in [0.717, 1.165) is 24.2 Å². The fourth-order valence-corrected chi connectivity index (χ4v) is 4.87. The minimum Gasteiger partial charge on any atom is -0.508 e. The summed E-state index contributed by atoms with van der Waals surface area (Å²) in [4.78, 5) is 0. The molecule has 1 aromatic rings. The molecule has 0 radical (unpaired) electrons. The average Bonchev–Trinajstić information content (AvgIpc) is 2.47. The number of rotatable bonds is 3. The van der Waals surface area contributed by atoms with E-state index >= 15 is 0 Å². The lowest BCUT2D eigenvalue weighted by molar-refractivity contribution is 0.119. The first-order valence-electron chi connectivity index (χ1n) is 9.01. The van der Waals surface area contributed by atoms with E-state index in [0.29, 0.717) is 11.2 Å². The highest BCUT2D eigenvalue weighted by Crippen LogP contribution is 2.48. The largest absolute Gasteiger partial charge is 0.508 e. The van der Waals surface area contributed by atoms with Crippen LogP contribution in [0, 0.1) is 23.2 Å². The van der Waals surface area contributed by atoms with Crippen LogP contribution in [0.25, 0.3) is 0 Å². The van der Waals surface area contributed by atoms with Gasteiger partial charge in [0.15, 0.2) is 0 Å². The zero-order valence-corrected chi connectivity index (χ0v) is 14.1. The van der Waals surface area contributed by atoms with Gasteiger partial charge in [0, 0.05) is 0 Å². The minimum atomic E-state index is 0.404. The van der Waals surface area contributed by atoms with Crippen molar-refractivity contribution in [1.82, 2.24) is 0 Å². The molecule has 1 heteroatoms. The van der Waals surface area contributed by atoms with Crippen molar-refractivity contribution < 1.29 is 5.11 Å². The van der Waals surface area contributed by atoms with Gasteiger partial charge in [-0.05, 0) is 73.0 Å². The normalized spacial score (nSPS) is 35.5. The van der Waals surface area contributed by atoms with Gasteiger partial charge in [-0.25, -0.2) is 0 Å². The first-order chi connectivity index (χ1) is 10.5. The first-order valence-corrected chi connectivity index (χ1v) is 9.01. The van der Waals surface area contributed by atoms with Crippen LogP contribution in [0.15, 0.2) is 36.4 Å². The molecule has 0 spiro atoms. The van der Waals surface area contributed by atoms with Crippen LogP contribution in [0.5, 0.6) is 5.75 Å². The molecule has 1 nitrogen and oxygen atoms in total. The van der Waals surface area contributed by atoms with Crippen LogP contribution < -0.4 is 0 Å². The lowest BCUT2D eigenvalue weighted by atomic mass is 9.61. The number of phenols is 1. The molecule has 1 fully saturated rings. The van der Waals surface area contributed by atoms with E-state index in [1.807, 2.05) is 12.1 Å². The van der Waals surface area contributed by atoms with Gasteiger partial charge in [0.2, 0.25) is 0 Å². The maximum Gasteiger partial charge on any atom is 0.115 e. The molecule has 0 saturated heterocycles. The van der Waals surface area contributed by atoms with Crippen LogP contribution in [0.3, 0.4) is 0 Å². The number of aromatic hydroxyl groups is 1. The number of phenolic OH excluding ortho intramolecular Hbond substituents is 1. The van der Waals surface area contributed by atoms with Gasteiger partial charge in [0.1, 0.15) is 5.75 Å². The number of hydrogen-bond acceptors (Lipinski definition) is 1. The molecule has 2 aliphatic rings. The second-order valence-electron chi connectivity index (χ2n) is 8.06. The Morgan fingerprint density at radius 1 is 1.27 bits per heavy atom. The highest BCUT2D eigenvalue weighted by Gasteiger charge is 2.37. The smallest absolute Gasteiger partial charge is 0.115 e. The predicted molar refractivity (Wildman–Crippen MR) is 92.9 cm³/mol. The van der Waals surface area contributed by atoms with E-state index in [1.165, 1.54) is 44.1 Å². The van der Waals surface area contributed by atoms with E-state index < -0.39 is 0 Å². The fraction of sp³-hybridized carbons (Fsp3) is 0.619. The Labute approximate surface area is 135 Å². The summed E-state index contributed by atoms with van der Waals surface area (Å²) in [6.45, 7) is 4.88. The summed E-state index contributed by atoms with van der Waals surface area (Å²) in [5.74, 6) is 2.85. The predicted octanol–water partition coefficient (Wildman–Crippen LogP) is 5.73. The molecule has 3 rings (SSSR count). The molecule has 1 N–H and O–H groups in total. The zero-order chi connectivity index (χ0) is 15.6. The van der Waals surface area contributed by atoms with Crippen molar-refractivity contribution in [3.05, 3.63) is 42.0 Å². The molecule has 22 heavy (non-hydrogen) atoms. The van der Waals surface area contributed by atoms with Gasteiger partial charge in [-0.15, -0.1) is 0 Å². The Kier molecular flexibility index (Phi) is 4.61. The quantitative estimate of drug-likeness (QED) is 0.706. The molecule has 2 aliphatic carbocycles. The van der Waals surface area contributed by atoms with Gasteiger partial charge in [0.05, 0.1) is 0 Å². The summed E-state index contributed by atoms with van der Waals surface area (Å²) >= 11 is 0. The van der Waals surface area contributed by atoms with Crippen LogP contribution in [0.1, 0.15) is 57.9 Å². The van der Waals surface area contributed by atoms with E-state index in [4.69, 9.17) is 0 Å². The van der Waals surface area contributed by atoms with Gasteiger partial charge in [0.25, 0.3) is 0 Å². The number of benzene rings is 1. The second-order valence-corrected chi connectivity index (χ2v) is 8.06. The van der Waals surface area contributed by atoms with Crippen molar-refractivity contribution in [3.63, 3.8) is 0 Å². The molecule has 0 amide bonds. The number of hydrogen-bond donors (Lipinski definition) is 1. The first kappa shape index (κ1) is 15.6. The van der Waals surface area contributed by atoms with Crippen molar-refractivity contribution in [1.29, 1.82) is 0 Å². The molecule has 1 saturated carbocycles. The third kappa shape index (κ3) is 3.56. The summed E-state index contributed by atoms with van der Waals surface area (Å²) in [6, 6.07) is 7.84. The Morgan fingerprint density at radius 3 is 2.91 bits per heavy atom. The van der Waals surface area contributed by atoms with Gasteiger partial charge < -0.3 is 5.11 Å². The highest BCUT2D eigenvalue weighted by atomic mass is 16.3. The van der Waals surface area contributed by atoms with Gasteiger partial charge in [-0.2, -0.15) is 0 Å². The summed E-state index contributed by atoms with van der Waals surface area (Å²) in [5.41, 5.74) is 1.71. The average molecular weight is 298 g/mol. The minimum absolute atomic E-state index is 0.404. The van der Waals surface area contributed by atoms with E-state index in [1.54, 1.807) is 6.07 Å². The van der Waals surface area contributed by atoms with E-state index in [9.17, 15) is 5.11 Å². The van der Waals surface area contributed by atoms with Crippen molar-refractivity contribution in [2.75, 3.05) is 0 Å². The summed E-state index contributed by atoms with van der Waals surface area (Å²) in [7, 11) is 0. The highest BCUT2D eigenvalue weighted by molar-refractivity contribution is 5.27. The van der Waals surface area contributed by atoms with Crippen LogP contribution in [-0.2, 0) is 6.42 Å². The Hall–Kier alpha value is -1.24. The van der Waals surface area contributed by atoms with Gasteiger partial charge in [-0.1, -0.05) is 51.0 Å². The summed E-state index contributed by atoms with van der Waals surface area (Å²) < 4.78 is 0. The van der Waals surface area contributed by atoms with Crippen molar-refractivity contribution in [2.45, 2.75) is 58.8 Å². The molecular formula is C21H30O. The molecule has 0 heterocycles. The molecule has 0 bridgehead atoms. The second kappa shape index (κ2) is 6.48. The molecule has 0 aliphatic heterocycles. The Balaban J connectivity index is 1.66. The van der Waals surface area contributed by atoms with Crippen LogP contribution >= 0.6 is 0 Å². The Morgan fingerprint density at radius 2 is 2.14 bits per heavy atom. The standard InChI is InChI=1S/C21H30O/c1-16-6-5-11-21(2,15-16)19-9-3-7-17(13-19)12-18-8-4-10-20(22)14-18/h4-5,8,10-11,14,16-17,19,22H,3,6-7,9,12-13,15H2,1-2H3/t16-,17-,19-,21-/m0/s1. The lowest BCUT2D eigenvalue weighted by Crippen LogP contribution is -2.33. The van der Waals surface area contributed by atoms with Gasteiger partial charge in [-0.3, -0.25) is 0 Å². The van der Waals surface area contributed by atoms with E-state index in [2.05, 4.69) is 32.1 Å². The van der Waals surface area contributed by atoms with E-state index in [-0.39, 0.29) is 0 Å². The van der Waals surface area contributed by atoms with Crippen LogP contribution in [0.2, 0.25) is 0 Å². The lowest BCUT2D eigenvalue weighted by Gasteiger charge is -2.43. The molecule has 120 valence electrons. The monoisotopic (exact) mass is 298 g/mol. The number of allylic oxidation sites excluding steroid dienone is 2.